The van der Waals surface area contributed by atoms with Crippen LogP contribution in [0.15, 0.2) is 34.7 Å². The molecule has 2 aromatic carbocycles. The summed E-state index contributed by atoms with van der Waals surface area (Å²) in [5.74, 6) is -0.0612. The van der Waals surface area contributed by atoms with Gasteiger partial charge in [0.2, 0.25) is 5.89 Å². The Kier molecular flexibility index (Phi) is 2.68. The number of aromatic nitrogens is 1. The maximum absolute atomic E-state index is 13.3. The van der Waals surface area contributed by atoms with Crippen LogP contribution in [0.2, 0.25) is 5.02 Å². The van der Waals surface area contributed by atoms with Crippen LogP contribution in [0.5, 0.6) is 0 Å². The Bertz CT molecular complexity index is 782. The van der Waals surface area contributed by atoms with Crippen molar-refractivity contribution in [3.8, 4) is 11.5 Å². The number of fused-ring (bicyclic) bond motifs is 1. The van der Waals surface area contributed by atoms with Crippen molar-refractivity contribution in [3.63, 3.8) is 0 Å². The lowest BCUT2D eigenvalue weighted by Gasteiger charge is -2.02. The van der Waals surface area contributed by atoms with Crippen molar-refractivity contribution in [2.75, 3.05) is 5.73 Å². The molecule has 0 atom stereocenters. The summed E-state index contributed by atoms with van der Waals surface area (Å²) in [4.78, 5) is 4.26. The van der Waals surface area contributed by atoms with E-state index in [2.05, 4.69) is 4.98 Å². The Morgan fingerprint density at radius 2 is 2.05 bits per heavy atom. The molecule has 19 heavy (non-hydrogen) atoms. The van der Waals surface area contributed by atoms with Crippen molar-refractivity contribution in [3.05, 3.63) is 46.7 Å². The van der Waals surface area contributed by atoms with E-state index in [1.54, 1.807) is 12.1 Å². The number of rotatable bonds is 1. The summed E-state index contributed by atoms with van der Waals surface area (Å²) in [7, 11) is 0. The molecule has 0 aliphatic heterocycles. The minimum absolute atomic E-state index is 0.204. The fourth-order valence-electron chi connectivity index (χ4n) is 1.94. The summed E-state index contributed by atoms with van der Waals surface area (Å²) in [5, 5.41) is 0.204. The van der Waals surface area contributed by atoms with Gasteiger partial charge in [0.15, 0.2) is 5.58 Å². The van der Waals surface area contributed by atoms with Gasteiger partial charge >= 0.3 is 0 Å². The second-order valence-corrected chi connectivity index (χ2v) is 4.74. The maximum Gasteiger partial charge on any atom is 0.227 e. The first-order valence-corrected chi connectivity index (χ1v) is 6.04. The van der Waals surface area contributed by atoms with E-state index in [0.29, 0.717) is 22.7 Å². The van der Waals surface area contributed by atoms with Gasteiger partial charge in [-0.3, -0.25) is 0 Å². The standard InChI is InChI=1S/C14H10ClFN2O/c1-7-2-3-9(17)6-10(7)14-18-12-5-8(16)4-11(15)13(12)19-14/h2-6H,17H2,1H3. The summed E-state index contributed by atoms with van der Waals surface area (Å²) in [6.07, 6.45) is 0. The predicted octanol–water partition coefficient (Wildman–Crippen LogP) is 4.18. The number of nitrogens with two attached hydrogens (primary N) is 1. The van der Waals surface area contributed by atoms with Gasteiger partial charge in [0.25, 0.3) is 0 Å². The summed E-state index contributed by atoms with van der Waals surface area (Å²) in [6, 6.07) is 7.93. The Morgan fingerprint density at radius 3 is 2.84 bits per heavy atom. The number of aryl methyl sites for hydroxylation is 1. The average Bonchev–Trinajstić information content (AvgIpc) is 2.76. The number of hydrogen-bond donors (Lipinski definition) is 1. The first kappa shape index (κ1) is 12.0. The Balaban J connectivity index is 2.26. The SMILES string of the molecule is Cc1ccc(N)cc1-c1nc2cc(F)cc(Cl)c2o1. The Hall–Kier alpha value is -2.07. The zero-order valence-corrected chi connectivity index (χ0v) is 10.8. The molecule has 0 radical (unpaired) electrons. The summed E-state index contributed by atoms with van der Waals surface area (Å²) in [6.45, 7) is 1.92. The molecule has 96 valence electrons. The number of halogens is 2. The van der Waals surface area contributed by atoms with Crippen LogP contribution in [-0.4, -0.2) is 4.98 Å². The van der Waals surface area contributed by atoms with Gasteiger partial charge in [0.1, 0.15) is 11.3 Å². The van der Waals surface area contributed by atoms with Gasteiger partial charge in [0, 0.05) is 17.3 Å². The van der Waals surface area contributed by atoms with Crippen molar-refractivity contribution in [1.82, 2.24) is 4.98 Å². The molecule has 0 unspecified atom stereocenters. The first-order valence-electron chi connectivity index (χ1n) is 5.66. The summed E-state index contributed by atoms with van der Waals surface area (Å²) in [5.41, 5.74) is 8.88. The number of anilines is 1. The molecular weight excluding hydrogens is 267 g/mol. The molecule has 0 spiro atoms. The van der Waals surface area contributed by atoms with E-state index in [9.17, 15) is 4.39 Å². The van der Waals surface area contributed by atoms with E-state index in [0.717, 1.165) is 11.1 Å². The van der Waals surface area contributed by atoms with Crippen LogP contribution in [0.4, 0.5) is 10.1 Å². The highest BCUT2D eigenvalue weighted by Gasteiger charge is 2.14. The molecule has 5 heteroatoms. The monoisotopic (exact) mass is 276 g/mol. The number of nitrogens with zero attached hydrogens (tertiary/aromatic N) is 1. The van der Waals surface area contributed by atoms with Gasteiger partial charge in [0.05, 0.1) is 5.02 Å². The van der Waals surface area contributed by atoms with Crippen LogP contribution in [0.25, 0.3) is 22.6 Å². The van der Waals surface area contributed by atoms with Gasteiger partial charge in [-0.1, -0.05) is 17.7 Å². The van der Waals surface area contributed by atoms with Crippen molar-refractivity contribution >= 4 is 28.4 Å². The van der Waals surface area contributed by atoms with E-state index in [1.807, 2.05) is 13.0 Å². The normalized spacial score (nSPS) is 11.1. The highest BCUT2D eigenvalue weighted by atomic mass is 35.5. The van der Waals surface area contributed by atoms with Gasteiger partial charge < -0.3 is 10.2 Å². The molecule has 0 aliphatic carbocycles. The molecule has 0 bridgehead atoms. The van der Waals surface area contributed by atoms with Crippen LogP contribution in [-0.2, 0) is 0 Å². The molecule has 2 N–H and O–H groups in total. The quantitative estimate of drug-likeness (QED) is 0.678. The molecule has 0 aliphatic rings. The van der Waals surface area contributed by atoms with Crippen molar-refractivity contribution in [2.24, 2.45) is 0 Å². The Labute approximate surface area is 113 Å². The predicted molar refractivity (Wildman–Crippen MR) is 73.6 cm³/mol. The highest BCUT2D eigenvalue weighted by Crippen LogP contribution is 2.32. The van der Waals surface area contributed by atoms with Crippen molar-refractivity contribution in [2.45, 2.75) is 6.92 Å². The third kappa shape index (κ3) is 2.04. The fourth-order valence-corrected chi connectivity index (χ4v) is 2.18. The molecule has 3 nitrogen and oxygen atoms in total. The first-order chi connectivity index (χ1) is 9.04. The van der Waals surface area contributed by atoms with Crippen LogP contribution in [0.1, 0.15) is 5.56 Å². The largest absolute Gasteiger partial charge is 0.434 e. The number of oxazole rings is 1. The lowest BCUT2D eigenvalue weighted by Crippen LogP contribution is -1.88. The molecule has 0 amide bonds. The summed E-state index contributed by atoms with van der Waals surface area (Å²) < 4.78 is 18.9. The van der Waals surface area contributed by atoms with Gasteiger partial charge in [-0.05, 0) is 30.7 Å². The average molecular weight is 277 g/mol. The summed E-state index contributed by atoms with van der Waals surface area (Å²) >= 11 is 5.94. The van der Waals surface area contributed by atoms with Gasteiger partial charge in [-0.15, -0.1) is 0 Å². The molecule has 0 saturated carbocycles. The fraction of sp³-hybridized carbons (Fsp3) is 0.0714. The molecule has 1 heterocycles. The second kappa shape index (κ2) is 4.24. The molecular formula is C14H10ClFN2O. The van der Waals surface area contributed by atoms with E-state index < -0.39 is 5.82 Å². The van der Waals surface area contributed by atoms with Crippen molar-refractivity contribution in [1.29, 1.82) is 0 Å². The van der Waals surface area contributed by atoms with Gasteiger partial charge in [-0.25, -0.2) is 9.37 Å². The van der Waals surface area contributed by atoms with Crippen LogP contribution >= 0.6 is 11.6 Å². The Morgan fingerprint density at radius 1 is 1.26 bits per heavy atom. The highest BCUT2D eigenvalue weighted by molar-refractivity contribution is 6.34. The number of nitrogen functional groups attached to an aromatic ring is 1. The lowest BCUT2D eigenvalue weighted by atomic mass is 10.1. The third-order valence-corrected chi connectivity index (χ3v) is 3.18. The number of benzene rings is 2. The number of hydrogen-bond acceptors (Lipinski definition) is 3. The van der Waals surface area contributed by atoms with E-state index in [4.69, 9.17) is 21.8 Å². The van der Waals surface area contributed by atoms with Crippen LogP contribution in [0, 0.1) is 12.7 Å². The smallest absolute Gasteiger partial charge is 0.227 e. The molecule has 1 aromatic heterocycles. The molecule has 3 rings (SSSR count). The van der Waals surface area contributed by atoms with E-state index >= 15 is 0 Å². The maximum atomic E-state index is 13.3. The molecule has 0 fully saturated rings. The zero-order valence-electron chi connectivity index (χ0n) is 10.1. The van der Waals surface area contributed by atoms with E-state index in [-0.39, 0.29) is 5.02 Å². The van der Waals surface area contributed by atoms with Gasteiger partial charge in [-0.2, -0.15) is 0 Å². The minimum Gasteiger partial charge on any atom is -0.434 e. The van der Waals surface area contributed by atoms with Crippen LogP contribution < -0.4 is 5.73 Å². The van der Waals surface area contributed by atoms with E-state index in [1.165, 1.54) is 12.1 Å². The minimum atomic E-state index is -0.443. The van der Waals surface area contributed by atoms with Crippen LogP contribution in [0.3, 0.4) is 0 Å². The zero-order chi connectivity index (χ0) is 13.6. The molecule has 3 aromatic rings. The molecule has 0 saturated heterocycles. The lowest BCUT2D eigenvalue weighted by molar-refractivity contribution is 0.614. The van der Waals surface area contributed by atoms with Crippen molar-refractivity contribution < 1.29 is 8.81 Å². The topological polar surface area (TPSA) is 52.0 Å². The second-order valence-electron chi connectivity index (χ2n) is 4.33. The third-order valence-electron chi connectivity index (χ3n) is 2.90.